The highest BCUT2D eigenvalue weighted by atomic mass is 32.1. The van der Waals surface area contributed by atoms with Crippen LogP contribution >= 0.6 is 11.3 Å². The van der Waals surface area contributed by atoms with Crippen molar-refractivity contribution in [2.24, 2.45) is 0 Å². The summed E-state index contributed by atoms with van der Waals surface area (Å²) in [5, 5.41) is 3.28. The highest BCUT2D eigenvalue weighted by Gasteiger charge is 2.23. The first-order chi connectivity index (χ1) is 16.5. The summed E-state index contributed by atoms with van der Waals surface area (Å²) in [4.78, 5) is 26.7. The molecule has 7 nitrogen and oxygen atoms in total. The van der Waals surface area contributed by atoms with Crippen molar-refractivity contribution in [1.29, 1.82) is 0 Å². The Bertz CT molecular complexity index is 1100. The van der Waals surface area contributed by atoms with Gasteiger partial charge in [-0.05, 0) is 51.5 Å². The highest BCUT2D eigenvalue weighted by Crippen LogP contribution is 2.40. The molecule has 0 radical (unpaired) electrons. The number of rotatable bonds is 11. The normalized spacial score (nSPS) is 10.5. The van der Waals surface area contributed by atoms with Crippen LogP contribution in [0.15, 0.2) is 48.5 Å². The summed E-state index contributed by atoms with van der Waals surface area (Å²) in [6.45, 7) is 8.76. The van der Waals surface area contributed by atoms with E-state index in [1.165, 1.54) is 11.3 Å². The third kappa shape index (κ3) is 5.88. The molecule has 8 heteroatoms. The number of esters is 1. The summed E-state index contributed by atoms with van der Waals surface area (Å²) in [7, 11) is 0. The van der Waals surface area contributed by atoms with E-state index in [1.807, 2.05) is 51.1 Å². The van der Waals surface area contributed by atoms with Crippen molar-refractivity contribution in [3.05, 3.63) is 59.7 Å². The van der Waals surface area contributed by atoms with E-state index in [4.69, 9.17) is 18.9 Å². The molecule has 0 saturated heterocycles. The van der Waals surface area contributed by atoms with E-state index in [2.05, 4.69) is 5.32 Å². The van der Waals surface area contributed by atoms with Gasteiger partial charge in [0, 0.05) is 10.4 Å². The number of ether oxygens (including phenoxy) is 4. The third-order valence-corrected chi connectivity index (χ3v) is 5.78. The Kier molecular flexibility index (Phi) is 8.93. The molecule has 3 rings (SSSR count). The molecule has 0 aliphatic heterocycles. The molecule has 2 aromatic carbocycles. The minimum Gasteiger partial charge on any atom is -0.490 e. The van der Waals surface area contributed by atoms with Crippen molar-refractivity contribution in [3.63, 3.8) is 0 Å². The summed E-state index contributed by atoms with van der Waals surface area (Å²) < 4.78 is 22.4. The Morgan fingerprint density at radius 3 is 2.00 bits per heavy atom. The number of carbonyl (C=O) groups excluding carboxylic acids is 2. The maximum Gasteiger partial charge on any atom is 0.341 e. The van der Waals surface area contributed by atoms with E-state index in [9.17, 15) is 9.59 Å². The van der Waals surface area contributed by atoms with Crippen LogP contribution in [-0.4, -0.2) is 38.3 Å². The molecular formula is C26H29NO6S. The van der Waals surface area contributed by atoms with Gasteiger partial charge in [-0.15, -0.1) is 11.3 Å². The number of hydrogen-bond donors (Lipinski definition) is 1. The van der Waals surface area contributed by atoms with Crippen LogP contribution in [-0.2, 0) is 4.74 Å². The van der Waals surface area contributed by atoms with Crippen LogP contribution < -0.4 is 19.5 Å². The second-order valence-electron chi connectivity index (χ2n) is 6.99. The summed E-state index contributed by atoms with van der Waals surface area (Å²) in [5.74, 6) is 0.395. The Morgan fingerprint density at radius 1 is 0.824 bits per heavy atom. The average molecular weight is 484 g/mol. The summed E-state index contributed by atoms with van der Waals surface area (Å²) >= 11 is 1.31. The predicted octanol–water partition coefficient (Wildman–Crippen LogP) is 6.04. The Labute approximate surface area is 203 Å². The van der Waals surface area contributed by atoms with E-state index in [0.29, 0.717) is 53.2 Å². The first-order valence-electron chi connectivity index (χ1n) is 11.3. The molecule has 3 aromatic rings. The quantitative estimate of drug-likeness (QED) is 0.335. The lowest BCUT2D eigenvalue weighted by Gasteiger charge is -2.17. The van der Waals surface area contributed by atoms with Crippen molar-refractivity contribution in [3.8, 4) is 27.7 Å². The van der Waals surface area contributed by atoms with E-state index in [0.717, 1.165) is 10.4 Å². The number of hydrogen-bond acceptors (Lipinski definition) is 7. The zero-order valence-corrected chi connectivity index (χ0v) is 20.6. The van der Waals surface area contributed by atoms with E-state index >= 15 is 0 Å². The molecule has 0 bridgehead atoms. The molecule has 34 heavy (non-hydrogen) atoms. The van der Waals surface area contributed by atoms with Gasteiger partial charge in [0.15, 0.2) is 11.5 Å². The van der Waals surface area contributed by atoms with Gasteiger partial charge in [-0.1, -0.05) is 30.3 Å². The van der Waals surface area contributed by atoms with Crippen LogP contribution in [0.25, 0.3) is 10.4 Å². The fourth-order valence-electron chi connectivity index (χ4n) is 3.28. The molecule has 0 aliphatic carbocycles. The molecule has 1 aromatic heterocycles. The third-order valence-electron chi connectivity index (χ3n) is 4.68. The maximum absolute atomic E-state index is 13.3. The monoisotopic (exact) mass is 483 g/mol. The van der Waals surface area contributed by atoms with Gasteiger partial charge in [-0.25, -0.2) is 4.79 Å². The maximum atomic E-state index is 13.3. The van der Waals surface area contributed by atoms with Gasteiger partial charge in [0.25, 0.3) is 5.91 Å². The molecule has 0 spiro atoms. The molecule has 0 aliphatic rings. The number of anilines is 1. The topological polar surface area (TPSA) is 83.1 Å². The van der Waals surface area contributed by atoms with Crippen molar-refractivity contribution in [1.82, 2.24) is 0 Å². The van der Waals surface area contributed by atoms with Crippen LogP contribution in [0, 0.1) is 0 Å². The number of carbonyl (C=O) groups is 2. The van der Waals surface area contributed by atoms with Gasteiger partial charge in [0.1, 0.15) is 5.00 Å². The second kappa shape index (κ2) is 12.1. The van der Waals surface area contributed by atoms with Crippen LogP contribution in [0.2, 0.25) is 0 Å². The van der Waals surface area contributed by atoms with Crippen molar-refractivity contribution in [2.45, 2.75) is 27.7 Å². The zero-order valence-electron chi connectivity index (χ0n) is 19.8. The molecule has 0 fully saturated rings. The predicted molar refractivity (Wildman–Crippen MR) is 134 cm³/mol. The van der Waals surface area contributed by atoms with Gasteiger partial charge in [0.2, 0.25) is 5.75 Å². The lowest BCUT2D eigenvalue weighted by Crippen LogP contribution is -2.15. The molecular weight excluding hydrogens is 454 g/mol. The van der Waals surface area contributed by atoms with Gasteiger partial charge >= 0.3 is 5.97 Å². The lowest BCUT2D eigenvalue weighted by molar-refractivity contribution is 0.0528. The summed E-state index contributed by atoms with van der Waals surface area (Å²) in [6.07, 6.45) is 0. The number of thiophene rings is 1. The molecule has 1 amide bonds. The lowest BCUT2D eigenvalue weighted by atomic mass is 10.1. The van der Waals surface area contributed by atoms with Crippen molar-refractivity contribution < 1.29 is 28.5 Å². The van der Waals surface area contributed by atoms with Crippen LogP contribution in [0.3, 0.4) is 0 Å². The first-order valence-corrected chi connectivity index (χ1v) is 12.1. The Hall–Kier alpha value is -3.52. The van der Waals surface area contributed by atoms with Crippen molar-refractivity contribution in [2.75, 3.05) is 31.7 Å². The zero-order chi connectivity index (χ0) is 24.5. The van der Waals surface area contributed by atoms with Gasteiger partial charge < -0.3 is 24.3 Å². The molecule has 0 saturated carbocycles. The second-order valence-corrected chi connectivity index (χ2v) is 8.05. The summed E-state index contributed by atoms with van der Waals surface area (Å²) in [5.41, 5.74) is 1.57. The highest BCUT2D eigenvalue weighted by molar-refractivity contribution is 7.20. The number of benzene rings is 2. The van der Waals surface area contributed by atoms with Crippen LogP contribution in [0.5, 0.6) is 17.2 Å². The van der Waals surface area contributed by atoms with Crippen LogP contribution in [0.1, 0.15) is 48.4 Å². The summed E-state index contributed by atoms with van der Waals surface area (Å²) in [6, 6.07) is 14.6. The van der Waals surface area contributed by atoms with E-state index < -0.39 is 11.9 Å². The van der Waals surface area contributed by atoms with Crippen LogP contribution in [0.4, 0.5) is 5.00 Å². The van der Waals surface area contributed by atoms with E-state index in [-0.39, 0.29) is 6.61 Å². The molecule has 1 heterocycles. The minimum absolute atomic E-state index is 0.233. The molecule has 0 unspecified atom stereocenters. The minimum atomic E-state index is -0.493. The van der Waals surface area contributed by atoms with Crippen molar-refractivity contribution >= 4 is 28.2 Å². The fourth-order valence-corrected chi connectivity index (χ4v) is 4.33. The molecule has 0 atom stereocenters. The SMILES string of the molecule is CCOC(=O)c1cc(-c2ccccc2)sc1NC(=O)c1cc(OCC)c(OCC)c(OCC)c1. The number of nitrogens with one attached hydrogen (secondary N) is 1. The fraction of sp³-hybridized carbons (Fsp3) is 0.308. The Balaban J connectivity index is 1.99. The van der Waals surface area contributed by atoms with Gasteiger partial charge in [0.05, 0.1) is 32.0 Å². The van der Waals surface area contributed by atoms with Gasteiger partial charge in [-0.2, -0.15) is 0 Å². The average Bonchev–Trinajstić information content (AvgIpc) is 3.26. The number of amides is 1. The Morgan fingerprint density at radius 2 is 1.44 bits per heavy atom. The largest absolute Gasteiger partial charge is 0.490 e. The standard InChI is InChI=1S/C26H29NO6S/c1-5-30-20-14-18(15-21(31-6-2)23(20)32-7-3)24(28)27-25-19(26(29)33-8-4)16-22(34-25)17-12-10-9-11-13-17/h9-16H,5-8H2,1-4H3,(H,27,28). The first kappa shape index (κ1) is 25.1. The smallest absolute Gasteiger partial charge is 0.341 e. The van der Waals surface area contributed by atoms with Gasteiger partial charge in [-0.3, -0.25) is 4.79 Å². The molecule has 1 N–H and O–H groups in total. The molecule has 180 valence electrons. The van der Waals surface area contributed by atoms with E-state index in [1.54, 1.807) is 25.1 Å².